The summed E-state index contributed by atoms with van der Waals surface area (Å²) in [5, 5.41) is 0. The molecule has 2 nitrogen and oxygen atoms in total. The Morgan fingerprint density at radius 3 is 2.30 bits per heavy atom. The standard InChI is InChI=1S/C16H14BrIO2/c1-9-6-11(7-10(2)16(9)20-3)15(19)13-8-12(17)4-5-14(13)18/h4-8H,1-3H3. The number of carbonyl (C=O) groups is 1. The highest BCUT2D eigenvalue weighted by atomic mass is 127. The molecule has 0 amide bonds. The summed E-state index contributed by atoms with van der Waals surface area (Å²) in [6.45, 7) is 3.91. The minimum absolute atomic E-state index is 0.0320. The third-order valence-corrected chi connectivity index (χ3v) is 4.53. The zero-order chi connectivity index (χ0) is 14.9. The number of hydrogen-bond acceptors (Lipinski definition) is 2. The van der Waals surface area contributed by atoms with E-state index in [1.165, 1.54) is 0 Å². The number of methoxy groups -OCH3 is 1. The van der Waals surface area contributed by atoms with Gasteiger partial charge in [-0.15, -0.1) is 0 Å². The molecule has 2 aromatic rings. The lowest BCUT2D eigenvalue weighted by Gasteiger charge is -2.11. The van der Waals surface area contributed by atoms with Gasteiger partial charge in [-0.1, -0.05) is 15.9 Å². The summed E-state index contributed by atoms with van der Waals surface area (Å²) in [6.07, 6.45) is 0. The number of halogens is 2. The van der Waals surface area contributed by atoms with E-state index in [0.717, 1.165) is 24.9 Å². The Kier molecular flexibility index (Phi) is 4.86. The van der Waals surface area contributed by atoms with Gasteiger partial charge in [-0.3, -0.25) is 4.79 Å². The van der Waals surface area contributed by atoms with Crippen molar-refractivity contribution >= 4 is 44.3 Å². The molecule has 0 aromatic heterocycles. The lowest BCUT2D eigenvalue weighted by molar-refractivity contribution is 0.103. The first-order chi connectivity index (χ1) is 9.43. The van der Waals surface area contributed by atoms with Gasteiger partial charge >= 0.3 is 0 Å². The number of rotatable bonds is 3. The number of carbonyl (C=O) groups excluding carboxylic acids is 1. The Morgan fingerprint density at radius 2 is 1.75 bits per heavy atom. The maximum absolute atomic E-state index is 12.7. The normalized spacial score (nSPS) is 10.4. The summed E-state index contributed by atoms with van der Waals surface area (Å²) in [5.41, 5.74) is 3.35. The Morgan fingerprint density at radius 1 is 1.15 bits per heavy atom. The van der Waals surface area contributed by atoms with Crippen LogP contribution in [-0.4, -0.2) is 12.9 Å². The zero-order valence-corrected chi connectivity index (χ0v) is 15.2. The average molecular weight is 445 g/mol. The molecule has 0 saturated heterocycles. The van der Waals surface area contributed by atoms with Crippen molar-refractivity contribution in [3.8, 4) is 5.75 Å². The summed E-state index contributed by atoms with van der Waals surface area (Å²) in [6, 6.07) is 9.49. The Hall–Kier alpha value is -0.880. The van der Waals surface area contributed by atoms with Crippen LogP contribution in [0.25, 0.3) is 0 Å². The number of aryl methyl sites for hydroxylation is 2. The molecule has 2 rings (SSSR count). The number of hydrogen-bond donors (Lipinski definition) is 0. The first kappa shape index (κ1) is 15.5. The lowest BCUT2D eigenvalue weighted by atomic mass is 9.98. The van der Waals surface area contributed by atoms with Gasteiger partial charge < -0.3 is 4.74 Å². The summed E-state index contributed by atoms with van der Waals surface area (Å²) < 4.78 is 7.19. The van der Waals surface area contributed by atoms with Crippen molar-refractivity contribution in [2.45, 2.75) is 13.8 Å². The van der Waals surface area contributed by atoms with E-state index in [4.69, 9.17) is 4.74 Å². The topological polar surface area (TPSA) is 26.3 Å². The van der Waals surface area contributed by atoms with E-state index in [2.05, 4.69) is 38.5 Å². The molecule has 0 aliphatic heterocycles. The molecule has 0 radical (unpaired) electrons. The van der Waals surface area contributed by atoms with Crippen LogP contribution in [0.3, 0.4) is 0 Å². The van der Waals surface area contributed by atoms with E-state index >= 15 is 0 Å². The molecule has 20 heavy (non-hydrogen) atoms. The Labute approximate surface area is 140 Å². The Balaban J connectivity index is 2.51. The molecule has 0 aliphatic carbocycles. The summed E-state index contributed by atoms with van der Waals surface area (Å²) in [5.74, 6) is 0.870. The van der Waals surface area contributed by atoms with E-state index < -0.39 is 0 Å². The van der Waals surface area contributed by atoms with Crippen molar-refractivity contribution in [3.63, 3.8) is 0 Å². The molecular formula is C16H14BrIO2. The molecule has 0 saturated carbocycles. The fourth-order valence-corrected chi connectivity index (χ4v) is 3.17. The molecule has 0 spiro atoms. The van der Waals surface area contributed by atoms with Gasteiger partial charge in [0.05, 0.1) is 7.11 Å². The predicted octanol–water partition coefficient (Wildman–Crippen LogP) is 4.91. The summed E-state index contributed by atoms with van der Waals surface area (Å²) in [7, 11) is 1.65. The maximum atomic E-state index is 12.7. The van der Waals surface area contributed by atoms with Crippen molar-refractivity contribution in [2.75, 3.05) is 7.11 Å². The largest absolute Gasteiger partial charge is 0.496 e. The number of ketones is 1. The van der Waals surface area contributed by atoms with E-state index in [9.17, 15) is 4.79 Å². The molecule has 0 N–H and O–H groups in total. The molecule has 104 valence electrons. The van der Waals surface area contributed by atoms with Gasteiger partial charge in [0, 0.05) is 19.2 Å². The van der Waals surface area contributed by atoms with E-state index in [0.29, 0.717) is 11.1 Å². The van der Waals surface area contributed by atoms with E-state index in [1.54, 1.807) is 7.11 Å². The highest BCUT2D eigenvalue weighted by molar-refractivity contribution is 14.1. The minimum Gasteiger partial charge on any atom is -0.496 e. The van der Waals surface area contributed by atoms with Crippen LogP contribution in [0.1, 0.15) is 27.0 Å². The van der Waals surface area contributed by atoms with Gasteiger partial charge in [-0.05, 0) is 77.9 Å². The lowest BCUT2D eigenvalue weighted by Crippen LogP contribution is -2.05. The van der Waals surface area contributed by atoms with Crippen LogP contribution < -0.4 is 4.74 Å². The van der Waals surface area contributed by atoms with Gasteiger partial charge in [-0.2, -0.15) is 0 Å². The van der Waals surface area contributed by atoms with Crippen molar-refractivity contribution in [3.05, 3.63) is 60.6 Å². The van der Waals surface area contributed by atoms with Gasteiger partial charge in [0.15, 0.2) is 5.78 Å². The molecule has 0 heterocycles. The summed E-state index contributed by atoms with van der Waals surface area (Å²) in [4.78, 5) is 12.7. The number of ether oxygens (including phenoxy) is 1. The molecule has 0 aliphatic rings. The molecule has 2 aromatic carbocycles. The molecule has 4 heteroatoms. The van der Waals surface area contributed by atoms with Crippen LogP contribution >= 0.6 is 38.5 Å². The molecular weight excluding hydrogens is 431 g/mol. The van der Waals surface area contributed by atoms with Crippen molar-refractivity contribution < 1.29 is 9.53 Å². The van der Waals surface area contributed by atoms with E-state index in [1.807, 2.05) is 44.2 Å². The highest BCUT2D eigenvalue weighted by Crippen LogP contribution is 2.27. The van der Waals surface area contributed by atoms with Gasteiger partial charge in [0.25, 0.3) is 0 Å². The molecule has 0 unspecified atom stereocenters. The Bertz CT molecular complexity index is 657. The third-order valence-electron chi connectivity index (χ3n) is 3.10. The molecule has 0 bridgehead atoms. The van der Waals surface area contributed by atoms with Crippen LogP contribution in [0.2, 0.25) is 0 Å². The van der Waals surface area contributed by atoms with Gasteiger partial charge in [-0.25, -0.2) is 0 Å². The van der Waals surface area contributed by atoms with Gasteiger partial charge in [0.1, 0.15) is 5.75 Å². The maximum Gasteiger partial charge on any atom is 0.194 e. The zero-order valence-electron chi connectivity index (χ0n) is 11.5. The molecule has 0 atom stereocenters. The van der Waals surface area contributed by atoms with Crippen molar-refractivity contribution in [1.29, 1.82) is 0 Å². The fraction of sp³-hybridized carbons (Fsp3) is 0.188. The number of benzene rings is 2. The van der Waals surface area contributed by atoms with Crippen LogP contribution in [-0.2, 0) is 0 Å². The average Bonchev–Trinajstić information content (AvgIpc) is 2.40. The molecule has 0 fully saturated rings. The second kappa shape index (κ2) is 6.26. The smallest absolute Gasteiger partial charge is 0.194 e. The SMILES string of the molecule is COc1c(C)cc(C(=O)c2cc(Br)ccc2I)cc1C. The first-order valence-corrected chi connectivity index (χ1v) is 7.96. The van der Waals surface area contributed by atoms with Crippen LogP contribution in [0.15, 0.2) is 34.8 Å². The monoisotopic (exact) mass is 444 g/mol. The van der Waals surface area contributed by atoms with Crippen LogP contribution in [0.5, 0.6) is 5.75 Å². The van der Waals surface area contributed by atoms with Crippen molar-refractivity contribution in [1.82, 2.24) is 0 Å². The van der Waals surface area contributed by atoms with Crippen LogP contribution in [0, 0.1) is 17.4 Å². The van der Waals surface area contributed by atoms with Crippen LogP contribution in [0.4, 0.5) is 0 Å². The second-order valence-corrected chi connectivity index (χ2v) is 6.67. The third kappa shape index (κ3) is 3.06. The van der Waals surface area contributed by atoms with E-state index in [-0.39, 0.29) is 5.78 Å². The van der Waals surface area contributed by atoms with Crippen molar-refractivity contribution in [2.24, 2.45) is 0 Å². The summed E-state index contributed by atoms with van der Waals surface area (Å²) >= 11 is 5.60. The predicted molar refractivity (Wildman–Crippen MR) is 92.8 cm³/mol. The first-order valence-electron chi connectivity index (χ1n) is 6.09. The minimum atomic E-state index is 0.0320. The quantitative estimate of drug-likeness (QED) is 0.496. The highest BCUT2D eigenvalue weighted by Gasteiger charge is 2.15. The fourth-order valence-electron chi connectivity index (χ4n) is 2.23. The second-order valence-electron chi connectivity index (χ2n) is 4.60. The van der Waals surface area contributed by atoms with Gasteiger partial charge in [0.2, 0.25) is 0 Å².